The van der Waals surface area contributed by atoms with Gasteiger partial charge in [-0.15, -0.1) is 0 Å². The summed E-state index contributed by atoms with van der Waals surface area (Å²) in [5, 5.41) is 9.64. The number of carboxylic acids is 1. The molecular formula is C57H112NO8+. The molecule has 9 heteroatoms. The van der Waals surface area contributed by atoms with Crippen LogP contribution in [0, 0.1) is 0 Å². The van der Waals surface area contributed by atoms with Crippen LogP contribution < -0.4 is 0 Å². The lowest BCUT2D eigenvalue weighted by molar-refractivity contribution is -0.870. The van der Waals surface area contributed by atoms with Gasteiger partial charge >= 0.3 is 17.9 Å². The summed E-state index contributed by atoms with van der Waals surface area (Å²) in [5.41, 5.74) is 0. The van der Waals surface area contributed by atoms with E-state index in [2.05, 4.69) is 13.8 Å². The lowest BCUT2D eigenvalue weighted by Crippen LogP contribution is -2.40. The molecule has 0 aromatic carbocycles. The fraction of sp³-hybridized carbons (Fsp3) is 0.947. The maximum Gasteiger partial charge on any atom is 0.361 e. The molecular weight excluding hydrogens is 827 g/mol. The van der Waals surface area contributed by atoms with Crippen LogP contribution in [0.15, 0.2) is 0 Å². The summed E-state index contributed by atoms with van der Waals surface area (Å²) >= 11 is 0. The Labute approximate surface area is 409 Å². The number of unbranched alkanes of at least 4 members (excludes halogenated alkanes) is 39. The zero-order chi connectivity index (χ0) is 48.4. The molecule has 0 amide bonds. The summed E-state index contributed by atoms with van der Waals surface area (Å²) < 4.78 is 22.8. The first-order chi connectivity index (χ1) is 32.1. The highest BCUT2D eigenvalue weighted by atomic mass is 16.7. The summed E-state index contributed by atoms with van der Waals surface area (Å²) in [6, 6.07) is 0. The van der Waals surface area contributed by atoms with E-state index >= 15 is 0 Å². The minimum Gasteiger partial charge on any atom is -0.477 e. The number of likely N-dealkylation sites (N-methyl/N-ethyl adjacent to an activating group) is 1. The van der Waals surface area contributed by atoms with Gasteiger partial charge in [-0.3, -0.25) is 9.59 Å². The Morgan fingerprint density at radius 1 is 0.394 bits per heavy atom. The molecule has 0 spiro atoms. The molecule has 2 atom stereocenters. The molecule has 0 radical (unpaired) electrons. The minimum absolute atomic E-state index is 0.174. The minimum atomic E-state index is -1.50. The van der Waals surface area contributed by atoms with E-state index in [1.807, 2.05) is 21.1 Å². The topological polar surface area (TPSA) is 108 Å². The standard InChI is InChI=1S/C57H111NO8/c1-6-8-10-12-14-16-17-18-19-20-21-22-23-24-25-26-27-28-29-30-31-32-33-34-35-36-37-38-39-40-42-44-46-48-55(60)66-53(52-65-57(56(61)62)63-50-49-58(3,4)5)51-64-54(59)47-45-43-41-15-13-11-9-7-2/h53,57H,6-52H2,1-5H3/p+1. The Bertz CT molecular complexity index is 1050. The van der Waals surface area contributed by atoms with Crippen LogP contribution in [0.4, 0.5) is 0 Å². The van der Waals surface area contributed by atoms with Crippen LogP contribution in [0.1, 0.15) is 290 Å². The smallest absolute Gasteiger partial charge is 0.361 e. The second kappa shape index (κ2) is 49.7. The largest absolute Gasteiger partial charge is 0.477 e. The Morgan fingerprint density at radius 2 is 0.682 bits per heavy atom. The normalized spacial score (nSPS) is 12.7. The van der Waals surface area contributed by atoms with E-state index < -0.39 is 18.4 Å². The number of hydrogen-bond acceptors (Lipinski definition) is 7. The van der Waals surface area contributed by atoms with Crippen LogP contribution in [0.3, 0.4) is 0 Å². The number of carbonyl (C=O) groups is 3. The number of ether oxygens (including phenoxy) is 4. The van der Waals surface area contributed by atoms with Crippen molar-refractivity contribution in [2.24, 2.45) is 0 Å². The van der Waals surface area contributed by atoms with Gasteiger partial charge in [-0.2, -0.15) is 0 Å². The van der Waals surface area contributed by atoms with E-state index in [-0.39, 0.29) is 38.2 Å². The quantitative estimate of drug-likeness (QED) is 0.0278. The number of hydrogen-bond donors (Lipinski definition) is 1. The third-order valence-electron chi connectivity index (χ3n) is 13.1. The number of quaternary nitrogens is 1. The molecule has 0 rings (SSSR count). The Balaban J connectivity index is 3.90. The van der Waals surface area contributed by atoms with Crippen LogP contribution >= 0.6 is 0 Å². The summed E-state index contributed by atoms with van der Waals surface area (Å²) in [4.78, 5) is 37.1. The average Bonchev–Trinajstić information content (AvgIpc) is 3.28. The van der Waals surface area contributed by atoms with Crippen LogP contribution in [0.25, 0.3) is 0 Å². The molecule has 0 aromatic heterocycles. The molecule has 9 nitrogen and oxygen atoms in total. The summed E-state index contributed by atoms with van der Waals surface area (Å²) in [5.74, 6) is -1.99. The average molecular weight is 940 g/mol. The van der Waals surface area contributed by atoms with Gasteiger partial charge in [-0.05, 0) is 12.8 Å². The van der Waals surface area contributed by atoms with Gasteiger partial charge in [0.15, 0.2) is 6.10 Å². The maximum absolute atomic E-state index is 12.8. The van der Waals surface area contributed by atoms with Crippen molar-refractivity contribution < 1.29 is 42.9 Å². The maximum atomic E-state index is 12.8. The summed E-state index contributed by atoms with van der Waals surface area (Å²) in [6.07, 6.45) is 52.3. The second-order valence-electron chi connectivity index (χ2n) is 21.0. The van der Waals surface area contributed by atoms with Crippen molar-refractivity contribution in [2.75, 3.05) is 47.5 Å². The first kappa shape index (κ1) is 64.3. The molecule has 0 fully saturated rings. The Kier molecular flexibility index (Phi) is 48.4. The zero-order valence-corrected chi connectivity index (χ0v) is 44.6. The third-order valence-corrected chi connectivity index (χ3v) is 13.1. The molecule has 0 heterocycles. The van der Waals surface area contributed by atoms with Crippen LogP contribution in [0.5, 0.6) is 0 Å². The van der Waals surface area contributed by atoms with Gasteiger partial charge in [-0.25, -0.2) is 4.79 Å². The molecule has 0 saturated heterocycles. The van der Waals surface area contributed by atoms with Crippen LogP contribution in [0.2, 0.25) is 0 Å². The van der Waals surface area contributed by atoms with Crippen molar-refractivity contribution in [1.82, 2.24) is 0 Å². The van der Waals surface area contributed by atoms with E-state index in [0.717, 1.165) is 38.5 Å². The highest BCUT2D eigenvalue weighted by Crippen LogP contribution is 2.18. The molecule has 392 valence electrons. The first-order valence-electron chi connectivity index (χ1n) is 28.7. The number of carboxylic acid groups (broad SMARTS) is 1. The molecule has 0 bridgehead atoms. The predicted octanol–water partition coefficient (Wildman–Crippen LogP) is 16.4. The number of nitrogens with zero attached hydrogens (tertiary/aromatic N) is 1. The highest BCUT2D eigenvalue weighted by Gasteiger charge is 2.25. The highest BCUT2D eigenvalue weighted by molar-refractivity contribution is 5.71. The lowest BCUT2D eigenvalue weighted by atomic mass is 10.0. The van der Waals surface area contributed by atoms with Crippen molar-refractivity contribution in [3.8, 4) is 0 Å². The number of rotatable bonds is 54. The molecule has 0 aromatic rings. The summed E-state index contributed by atoms with van der Waals surface area (Å²) in [6.45, 7) is 4.89. The number of carbonyl (C=O) groups excluding carboxylic acids is 2. The number of esters is 2. The Morgan fingerprint density at radius 3 is 0.970 bits per heavy atom. The van der Waals surface area contributed by atoms with Crippen molar-refractivity contribution in [1.29, 1.82) is 0 Å². The predicted molar refractivity (Wildman–Crippen MR) is 277 cm³/mol. The van der Waals surface area contributed by atoms with Gasteiger partial charge in [0.1, 0.15) is 13.2 Å². The third kappa shape index (κ3) is 50.2. The Hall–Kier alpha value is -1.71. The molecule has 1 N–H and O–H groups in total. The van der Waals surface area contributed by atoms with Gasteiger partial charge in [0.05, 0.1) is 34.4 Å². The van der Waals surface area contributed by atoms with E-state index in [0.29, 0.717) is 17.4 Å². The lowest BCUT2D eigenvalue weighted by Gasteiger charge is -2.25. The van der Waals surface area contributed by atoms with Gasteiger partial charge < -0.3 is 28.5 Å². The van der Waals surface area contributed by atoms with Gasteiger partial charge in [-0.1, -0.05) is 264 Å². The second-order valence-corrected chi connectivity index (χ2v) is 21.0. The zero-order valence-electron chi connectivity index (χ0n) is 44.6. The van der Waals surface area contributed by atoms with E-state index in [9.17, 15) is 19.5 Å². The molecule has 0 saturated carbocycles. The first-order valence-corrected chi connectivity index (χ1v) is 28.7. The van der Waals surface area contributed by atoms with E-state index in [4.69, 9.17) is 18.9 Å². The molecule has 66 heavy (non-hydrogen) atoms. The van der Waals surface area contributed by atoms with Gasteiger partial charge in [0, 0.05) is 12.8 Å². The van der Waals surface area contributed by atoms with Crippen LogP contribution in [-0.4, -0.2) is 87.4 Å². The van der Waals surface area contributed by atoms with Crippen molar-refractivity contribution >= 4 is 17.9 Å². The van der Waals surface area contributed by atoms with Crippen molar-refractivity contribution in [3.05, 3.63) is 0 Å². The SMILES string of the molecule is CCCCCCCCCCCCCCCCCCCCCCCCCCCCCCCCCCCC(=O)OC(COC(=O)CCCCCCCCCC)COC(OCC[N+](C)(C)C)C(=O)O. The summed E-state index contributed by atoms with van der Waals surface area (Å²) in [7, 11) is 5.97. The molecule has 0 aliphatic carbocycles. The van der Waals surface area contributed by atoms with E-state index in [1.165, 1.54) is 225 Å². The van der Waals surface area contributed by atoms with Crippen molar-refractivity contribution in [2.45, 2.75) is 302 Å². The fourth-order valence-corrected chi connectivity index (χ4v) is 8.66. The van der Waals surface area contributed by atoms with Gasteiger partial charge in [0.25, 0.3) is 6.29 Å². The van der Waals surface area contributed by atoms with Crippen LogP contribution in [-0.2, 0) is 33.3 Å². The monoisotopic (exact) mass is 939 g/mol. The molecule has 0 aliphatic rings. The number of aliphatic carboxylic acids is 1. The molecule has 0 aliphatic heterocycles. The van der Waals surface area contributed by atoms with Crippen molar-refractivity contribution in [3.63, 3.8) is 0 Å². The van der Waals surface area contributed by atoms with Gasteiger partial charge in [0.2, 0.25) is 0 Å². The molecule has 2 unspecified atom stereocenters. The van der Waals surface area contributed by atoms with E-state index in [1.54, 1.807) is 0 Å². The fourth-order valence-electron chi connectivity index (χ4n) is 8.66.